The molecule has 1 amide bonds. The number of carbonyl (C=O) groups excluding carboxylic acids is 1. The molecule has 0 aliphatic carbocycles. The summed E-state index contributed by atoms with van der Waals surface area (Å²) in [6, 6.07) is 9.44. The van der Waals surface area contributed by atoms with Gasteiger partial charge in [-0.1, -0.05) is 25.1 Å². The fourth-order valence-corrected chi connectivity index (χ4v) is 2.90. The minimum Gasteiger partial charge on any atom is -0.451 e. The van der Waals surface area contributed by atoms with Crippen molar-refractivity contribution in [3.63, 3.8) is 0 Å². The van der Waals surface area contributed by atoms with Crippen molar-refractivity contribution in [2.24, 2.45) is 0 Å². The highest BCUT2D eigenvalue weighted by Gasteiger charge is 2.26. The van der Waals surface area contributed by atoms with Gasteiger partial charge in [0.15, 0.2) is 11.6 Å². The Labute approximate surface area is 127 Å². The van der Waals surface area contributed by atoms with E-state index in [2.05, 4.69) is 21.7 Å². The number of hydrogen-bond donors (Lipinski definition) is 0. The van der Waals surface area contributed by atoms with E-state index in [1.54, 1.807) is 11.0 Å². The molecule has 0 bridgehead atoms. The Morgan fingerprint density at radius 1 is 1.27 bits per heavy atom. The molecule has 0 saturated carbocycles. The maximum Gasteiger partial charge on any atom is 0.290 e. The van der Waals surface area contributed by atoms with Gasteiger partial charge >= 0.3 is 0 Å². The van der Waals surface area contributed by atoms with Crippen molar-refractivity contribution in [1.29, 1.82) is 0 Å². The highest BCUT2D eigenvalue weighted by molar-refractivity contribution is 5.96. The van der Waals surface area contributed by atoms with Gasteiger partial charge in [0.25, 0.3) is 5.91 Å². The van der Waals surface area contributed by atoms with E-state index in [0.29, 0.717) is 18.8 Å². The highest BCUT2D eigenvalue weighted by Crippen LogP contribution is 2.22. The number of para-hydroxylation sites is 1. The first-order chi connectivity index (χ1) is 10.8. The second kappa shape index (κ2) is 4.98. The highest BCUT2D eigenvalue weighted by atomic mass is 16.3. The average molecular weight is 296 g/mol. The van der Waals surface area contributed by atoms with Crippen molar-refractivity contribution in [1.82, 2.24) is 19.7 Å². The summed E-state index contributed by atoms with van der Waals surface area (Å²) in [5.41, 5.74) is 0.735. The molecule has 0 atom stereocenters. The lowest BCUT2D eigenvalue weighted by molar-refractivity contribution is 0.0676. The molecule has 1 aliphatic rings. The third-order valence-electron chi connectivity index (χ3n) is 4.07. The Morgan fingerprint density at radius 2 is 2.14 bits per heavy atom. The molecule has 0 fully saturated rings. The molecular formula is C16H16N4O2. The van der Waals surface area contributed by atoms with Crippen LogP contribution in [0.1, 0.15) is 29.1 Å². The fraction of sp³-hybridized carbons (Fsp3) is 0.312. The van der Waals surface area contributed by atoms with Crippen LogP contribution in [0.2, 0.25) is 0 Å². The molecule has 0 radical (unpaired) electrons. The number of carbonyl (C=O) groups is 1. The minimum atomic E-state index is -0.0940. The molecule has 0 N–H and O–H groups in total. The number of benzene rings is 1. The second-order valence-corrected chi connectivity index (χ2v) is 5.41. The first-order valence-electron chi connectivity index (χ1n) is 7.45. The van der Waals surface area contributed by atoms with Crippen LogP contribution in [-0.4, -0.2) is 32.1 Å². The van der Waals surface area contributed by atoms with E-state index >= 15 is 0 Å². The van der Waals surface area contributed by atoms with Gasteiger partial charge in [-0.3, -0.25) is 4.79 Å². The fourth-order valence-electron chi connectivity index (χ4n) is 2.90. The topological polar surface area (TPSA) is 64.2 Å². The first kappa shape index (κ1) is 13.1. The van der Waals surface area contributed by atoms with Gasteiger partial charge < -0.3 is 13.9 Å². The largest absolute Gasteiger partial charge is 0.451 e. The summed E-state index contributed by atoms with van der Waals surface area (Å²) >= 11 is 0. The molecule has 3 aromatic rings. The lowest BCUT2D eigenvalue weighted by Gasteiger charge is -2.27. The molecule has 0 spiro atoms. The molecule has 2 aromatic heterocycles. The van der Waals surface area contributed by atoms with E-state index in [4.69, 9.17) is 4.42 Å². The van der Waals surface area contributed by atoms with Gasteiger partial charge in [-0.05, 0) is 12.1 Å². The summed E-state index contributed by atoms with van der Waals surface area (Å²) in [6.07, 6.45) is 0.852. The van der Waals surface area contributed by atoms with Crippen LogP contribution in [0, 0.1) is 0 Å². The van der Waals surface area contributed by atoms with Crippen LogP contribution in [0.3, 0.4) is 0 Å². The molecule has 3 heterocycles. The van der Waals surface area contributed by atoms with Crippen molar-refractivity contribution in [2.45, 2.75) is 26.4 Å². The SMILES string of the molecule is CCc1nnc2n1CCN(C(=O)c1cc3ccccc3o1)C2. The third kappa shape index (κ3) is 1.99. The number of rotatable bonds is 2. The molecule has 0 unspecified atom stereocenters. The van der Waals surface area contributed by atoms with Crippen LogP contribution in [0.25, 0.3) is 11.0 Å². The van der Waals surface area contributed by atoms with E-state index in [0.717, 1.165) is 35.6 Å². The Kier molecular flexibility index (Phi) is 2.96. The van der Waals surface area contributed by atoms with Crippen LogP contribution >= 0.6 is 0 Å². The molecule has 112 valence electrons. The third-order valence-corrected chi connectivity index (χ3v) is 4.07. The number of nitrogens with zero attached hydrogens (tertiary/aromatic N) is 4. The quantitative estimate of drug-likeness (QED) is 0.727. The van der Waals surface area contributed by atoms with Gasteiger partial charge in [0.05, 0.1) is 6.54 Å². The van der Waals surface area contributed by atoms with E-state index in [1.807, 2.05) is 24.3 Å². The van der Waals surface area contributed by atoms with Gasteiger partial charge in [-0.2, -0.15) is 0 Å². The van der Waals surface area contributed by atoms with Crippen LogP contribution in [0.15, 0.2) is 34.7 Å². The smallest absolute Gasteiger partial charge is 0.290 e. The standard InChI is InChI=1S/C16H16N4O2/c1-2-14-17-18-15-10-19(7-8-20(14)15)16(21)13-9-11-5-3-4-6-12(11)22-13/h3-6,9H,2,7-8,10H2,1H3. The maximum atomic E-state index is 12.6. The van der Waals surface area contributed by atoms with Gasteiger partial charge in [0, 0.05) is 24.9 Å². The molecule has 1 aromatic carbocycles. The van der Waals surface area contributed by atoms with E-state index in [1.165, 1.54) is 0 Å². The zero-order valence-corrected chi connectivity index (χ0v) is 12.3. The van der Waals surface area contributed by atoms with Crippen LogP contribution < -0.4 is 0 Å². The second-order valence-electron chi connectivity index (χ2n) is 5.41. The van der Waals surface area contributed by atoms with Crippen molar-refractivity contribution in [3.8, 4) is 0 Å². The van der Waals surface area contributed by atoms with E-state index in [-0.39, 0.29) is 5.91 Å². The van der Waals surface area contributed by atoms with Crippen molar-refractivity contribution in [2.75, 3.05) is 6.54 Å². The molecule has 4 rings (SSSR count). The summed E-state index contributed by atoms with van der Waals surface area (Å²) < 4.78 is 7.76. The summed E-state index contributed by atoms with van der Waals surface area (Å²) in [4.78, 5) is 14.4. The van der Waals surface area contributed by atoms with Gasteiger partial charge in [-0.25, -0.2) is 0 Å². The van der Waals surface area contributed by atoms with Crippen LogP contribution in [-0.2, 0) is 19.5 Å². The summed E-state index contributed by atoms with van der Waals surface area (Å²) in [5, 5.41) is 9.30. The molecule has 1 aliphatic heterocycles. The van der Waals surface area contributed by atoms with Crippen molar-refractivity contribution < 1.29 is 9.21 Å². The maximum absolute atomic E-state index is 12.6. The molecule has 6 heteroatoms. The zero-order valence-electron chi connectivity index (χ0n) is 12.3. The number of amides is 1. The monoisotopic (exact) mass is 296 g/mol. The predicted molar refractivity (Wildman–Crippen MR) is 80.4 cm³/mol. The molecule has 6 nitrogen and oxygen atoms in total. The number of fused-ring (bicyclic) bond motifs is 2. The lowest BCUT2D eigenvalue weighted by atomic mass is 10.2. The minimum absolute atomic E-state index is 0.0940. The Morgan fingerprint density at radius 3 is 2.95 bits per heavy atom. The van der Waals surface area contributed by atoms with Gasteiger partial charge in [0.2, 0.25) is 0 Å². The first-order valence-corrected chi connectivity index (χ1v) is 7.45. The van der Waals surface area contributed by atoms with Crippen LogP contribution in [0.4, 0.5) is 0 Å². The summed E-state index contributed by atoms with van der Waals surface area (Å²) in [7, 11) is 0. The number of aromatic nitrogens is 3. The Balaban J connectivity index is 1.61. The molecule has 22 heavy (non-hydrogen) atoms. The average Bonchev–Trinajstić information content (AvgIpc) is 3.17. The number of hydrogen-bond acceptors (Lipinski definition) is 4. The van der Waals surface area contributed by atoms with Gasteiger partial charge in [-0.15, -0.1) is 10.2 Å². The normalized spacial score (nSPS) is 14.3. The van der Waals surface area contributed by atoms with Crippen molar-refractivity contribution in [3.05, 3.63) is 47.7 Å². The van der Waals surface area contributed by atoms with Crippen LogP contribution in [0.5, 0.6) is 0 Å². The Hall–Kier alpha value is -2.63. The Bertz CT molecular complexity index is 816. The number of aryl methyl sites for hydroxylation is 1. The molecular weight excluding hydrogens is 280 g/mol. The predicted octanol–water partition coefficient (Wildman–Crippen LogP) is 2.24. The summed E-state index contributed by atoms with van der Waals surface area (Å²) in [5.74, 6) is 2.10. The lowest BCUT2D eigenvalue weighted by Crippen LogP contribution is -2.38. The van der Waals surface area contributed by atoms with Gasteiger partial charge in [0.1, 0.15) is 11.4 Å². The van der Waals surface area contributed by atoms with E-state index < -0.39 is 0 Å². The van der Waals surface area contributed by atoms with Crippen molar-refractivity contribution >= 4 is 16.9 Å². The van der Waals surface area contributed by atoms with E-state index in [9.17, 15) is 4.79 Å². The zero-order chi connectivity index (χ0) is 15.1. The number of furan rings is 1. The molecule has 0 saturated heterocycles. The summed E-state index contributed by atoms with van der Waals surface area (Å²) in [6.45, 7) is 3.91.